The molecule has 1 aliphatic rings. The van der Waals surface area contributed by atoms with Crippen molar-refractivity contribution in [2.24, 2.45) is 11.0 Å². The van der Waals surface area contributed by atoms with Crippen LogP contribution >= 0.6 is 19.8 Å². The molecule has 0 amide bonds. The van der Waals surface area contributed by atoms with Crippen molar-refractivity contribution in [1.29, 1.82) is 0 Å². The summed E-state index contributed by atoms with van der Waals surface area (Å²) < 4.78 is 16.9. The monoisotopic (exact) mass is 169 g/mol. The van der Waals surface area contributed by atoms with Crippen LogP contribution in [-0.4, -0.2) is 17.2 Å². The van der Waals surface area contributed by atoms with Gasteiger partial charge in [-0.1, -0.05) is 0 Å². The first-order chi connectivity index (χ1) is 4.11. The third-order valence-electron chi connectivity index (χ3n) is 0.853. The normalized spacial score (nSPS) is 22.9. The van der Waals surface area contributed by atoms with Crippen LogP contribution in [0.15, 0.2) is 0 Å². The Bertz CT molecular complexity index is 141. The van der Waals surface area contributed by atoms with Gasteiger partial charge in [0.2, 0.25) is 0 Å². The molecule has 1 fully saturated rings. The van der Waals surface area contributed by atoms with Gasteiger partial charge in [0, 0.05) is 6.54 Å². The highest BCUT2D eigenvalue weighted by molar-refractivity contribution is 7.97. The van der Waals surface area contributed by atoms with Crippen LogP contribution in [0, 0.1) is 0 Å². The summed E-state index contributed by atoms with van der Waals surface area (Å²) in [5.41, 5.74) is 10.2. The van der Waals surface area contributed by atoms with Crippen LogP contribution < -0.4 is 11.0 Å². The maximum Gasteiger partial charge on any atom is 0.287 e. The molecule has 0 aromatic carbocycles. The van der Waals surface area contributed by atoms with Crippen molar-refractivity contribution in [3.8, 4) is 0 Å². The summed E-state index contributed by atoms with van der Waals surface area (Å²) in [6.07, 6.45) is 0. The lowest BCUT2D eigenvalue weighted by Crippen LogP contribution is -2.21. The van der Waals surface area contributed by atoms with Gasteiger partial charge in [-0.3, -0.25) is 19.8 Å². The Labute approximate surface area is 57.6 Å². The van der Waals surface area contributed by atoms with Crippen LogP contribution in [0.2, 0.25) is 0 Å². The molecule has 1 saturated heterocycles. The third kappa shape index (κ3) is 1.93. The molecule has 0 aromatic heterocycles. The number of nitrogens with zero attached hydrogens (tertiary/aromatic N) is 1. The number of hydrogen-bond donors (Lipinski definition) is 2. The highest BCUT2D eigenvalue weighted by atomic mass is 32.2. The summed E-state index contributed by atoms with van der Waals surface area (Å²) >= 11 is 0.970. The molecule has 0 unspecified atom stereocenters. The predicted octanol–water partition coefficient (Wildman–Crippen LogP) is -0.0927. The van der Waals surface area contributed by atoms with E-state index in [0.717, 1.165) is 12.2 Å². The second-order valence-electron chi connectivity index (χ2n) is 1.64. The van der Waals surface area contributed by atoms with Gasteiger partial charge in [-0.2, -0.15) is 0 Å². The minimum absolute atomic E-state index is 0.531. The van der Waals surface area contributed by atoms with Gasteiger partial charge in [-0.25, -0.2) is 0 Å². The Balaban J connectivity index is 2.52. The SMILES string of the molecule is NP(N)(=O)N1CCOS1. The molecular weight excluding hydrogens is 161 g/mol. The van der Waals surface area contributed by atoms with Crippen LogP contribution in [0.5, 0.6) is 0 Å². The van der Waals surface area contributed by atoms with E-state index < -0.39 is 7.59 Å². The molecule has 7 heteroatoms. The molecular formula is C2H8N3O2PS. The average Bonchev–Trinajstić information content (AvgIpc) is 2.08. The van der Waals surface area contributed by atoms with E-state index in [2.05, 4.69) is 0 Å². The quantitative estimate of drug-likeness (QED) is 0.324. The molecule has 1 aliphatic heterocycles. The van der Waals surface area contributed by atoms with Gasteiger partial charge in [-0.15, -0.1) is 4.08 Å². The minimum atomic E-state index is -3.04. The number of hydrogen-bond acceptors (Lipinski definition) is 3. The van der Waals surface area contributed by atoms with Crippen LogP contribution in [-0.2, 0) is 8.75 Å². The Kier molecular flexibility index (Phi) is 2.15. The van der Waals surface area contributed by atoms with E-state index in [4.69, 9.17) is 15.2 Å². The van der Waals surface area contributed by atoms with Crippen LogP contribution in [0.1, 0.15) is 0 Å². The van der Waals surface area contributed by atoms with Gasteiger partial charge in [0.1, 0.15) is 0 Å². The van der Waals surface area contributed by atoms with E-state index in [1.165, 1.54) is 4.08 Å². The lowest BCUT2D eigenvalue weighted by molar-refractivity contribution is 0.410. The molecule has 0 radical (unpaired) electrons. The van der Waals surface area contributed by atoms with Crippen molar-refractivity contribution in [3.05, 3.63) is 0 Å². The number of nitrogens with two attached hydrogens (primary N) is 2. The average molecular weight is 169 g/mol. The summed E-state index contributed by atoms with van der Waals surface area (Å²) in [4.78, 5) is 0. The molecule has 4 N–H and O–H groups in total. The molecule has 0 aromatic rings. The summed E-state index contributed by atoms with van der Waals surface area (Å²) in [5, 5.41) is 0. The van der Waals surface area contributed by atoms with Crippen molar-refractivity contribution in [2.75, 3.05) is 13.2 Å². The fraction of sp³-hybridized carbons (Fsp3) is 1.00. The summed E-state index contributed by atoms with van der Waals surface area (Å²) in [5.74, 6) is 0. The Morgan fingerprint density at radius 1 is 1.67 bits per heavy atom. The zero-order chi connectivity index (χ0) is 6.91. The molecule has 9 heavy (non-hydrogen) atoms. The molecule has 0 atom stereocenters. The molecule has 0 aliphatic carbocycles. The first-order valence-corrected chi connectivity index (χ1v) is 4.85. The van der Waals surface area contributed by atoms with E-state index in [1.54, 1.807) is 0 Å². The van der Waals surface area contributed by atoms with E-state index in [9.17, 15) is 4.57 Å². The van der Waals surface area contributed by atoms with Crippen molar-refractivity contribution in [3.63, 3.8) is 0 Å². The van der Waals surface area contributed by atoms with E-state index in [-0.39, 0.29) is 0 Å². The highest BCUT2D eigenvalue weighted by Crippen LogP contribution is 2.41. The summed E-state index contributed by atoms with van der Waals surface area (Å²) in [6, 6.07) is 0. The van der Waals surface area contributed by atoms with Gasteiger partial charge in [0.25, 0.3) is 7.59 Å². The van der Waals surface area contributed by atoms with Crippen LogP contribution in [0.3, 0.4) is 0 Å². The minimum Gasteiger partial charge on any atom is -0.299 e. The zero-order valence-corrected chi connectivity index (χ0v) is 6.40. The van der Waals surface area contributed by atoms with E-state index >= 15 is 0 Å². The topological polar surface area (TPSA) is 81.6 Å². The van der Waals surface area contributed by atoms with E-state index in [1.807, 2.05) is 0 Å². The lowest BCUT2D eigenvalue weighted by Gasteiger charge is -2.13. The Hall–Kier alpha value is 0.420. The van der Waals surface area contributed by atoms with Gasteiger partial charge in [-0.05, 0) is 0 Å². The van der Waals surface area contributed by atoms with Gasteiger partial charge in [0.15, 0.2) is 0 Å². The smallest absolute Gasteiger partial charge is 0.287 e. The molecule has 0 saturated carbocycles. The Morgan fingerprint density at radius 2 is 2.33 bits per heavy atom. The fourth-order valence-corrected chi connectivity index (χ4v) is 1.83. The lowest BCUT2D eigenvalue weighted by atomic mass is 10.8. The fourth-order valence-electron chi connectivity index (χ4n) is 0.459. The standard InChI is InChI=1S/C2H8N3O2PS/c3-8(4,6)5-1-2-7-9-5/h1-2H2,(H4,3,4,6). The van der Waals surface area contributed by atoms with Crippen molar-refractivity contribution >= 4 is 19.8 Å². The highest BCUT2D eigenvalue weighted by Gasteiger charge is 2.26. The first kappa shape index (κ1) is 7.53. The van der Waals surface area contributed by atoms with E-state index in [0.29, 0.717) is 13.2 Å². The number of rotatable bonds is 1. The molecule has 5 nitrogen and oxygen atoms in total. The Morgan fingerprint density at radius 3 is 2.56 bits per heavy atom. The van der Waals surface area contributed by atoms with Gasteiger partial charge in [0.05, 0.1) is 18.8 Å². The van der Waals surface area contributed by atoms with Gasteiger partial charge < -0.3 is 0 Å². The van der Waals surface area contributed by atoms with Gasteiger partial charge >= 0.3 is 0 Å². The van der Waals surface area contributed by atoms with Crippen LogP contribution in [0.25, 0.3) is 0 Å². The van der Waals surface area contributed by atoms with Crippen molar-refractivity contribution in [2.45, 2.75) is 0 Å². The maximum absolute atomic E-state index is 10.8. The predicted molar refractivity (Wildman–Crippen MR) is 36.2 cm³/mol. The molecule has 0 bridgehead atoms. The third-order valence-corrected chi connectivity index (χ3v) is 3.34. The largest absolute Gasteiger partial charge is 0.299 e. The first-order valence-electron chi connectivity index (χ1n) is 2.35. The van der Waals surface area contributed by atoms with Crippen molar-refractivity contribution < 1.29 is 8.75 Å². The molecule has 1 heterocycles. The molecule has 54 valence electrons. The molecule has 1 rings (SSSR count). The molecule has 0 spiro atoms. The van der Waals surface area contributed by atoms with Crippen LogP contribution in [0.4, 0.5) is 0 Å². The van der Waals surface area contributed by atoms with Crippen molar-refractivity contribution in [1.82, 2.24) is 4.08 Å². The second-order valence-corrected chi connectivity index (χ2v) is 4.57. The summed E-state index contributed by atoms with van der Waals surface area (Å²) in [6.45, 7) is 1.07. The summed E-state index contributed by atoms with van der Waals surface area (Å²) in [7, 11) is -3.04. The maximum atomic E-state index is 10.8. The zero-order valence-electron chi connectivity index (χ0n) is 4.69. The second kappa shape index (κ2) is 2.57.